The summed E-state index contributed by atoms with van der Waals surface area (Å²) in [5.74, 6) is 1.15. The van der Waals surface area contributed by atoms with Gasteiger partial charge in [0.2, 0.25) is 5.82 Å². The fraction of sp³-hybridized carbons (Fsp3) is 0.294. The highest BCUT2D eigenvalue weighted by molar-refractivity contribution is 6.34. The Hall–Kier alpha value is -2.71. The van der Waals surface area contributed by atoms with Gasteiger partial charge in [-0.25, -0.2) is 9.97 Å². The maximum Gasteiger partial charge on any atom is 0.257 e. The molecule has 2 aromatic heterocycles. The summed E-state index contributed by atoms with van der Waals surface area (Å²) in [5.41, 5.74) is 2.68. The SMILES string of the molecule is CN(C)Cc1nc(-c2ncn3c2CN(C)C(=O)c2c(Cl)cccc2-3)n[nH]1. The molecule has 134 valence electrons. The number of imidazole rings is 1. The lowest BCUT2D eigenvalue weighted by atomic mass is 10.1. The van der Waals surface area contributed by atoms with Gasteiger partial charge in [-0.15, -0.1) is 0 Å². The van der Waals surface area contributed by atoms with E-state index in [0.29, 0.717) is 40.9 Å². The largest absolute Gasteiger partial charge is 0.336 e. The number of nitrogens with zero attached hydrogens (tertiary/aromatic N) is 6. The summed E-state index contributed by atoms with van der Waals surface area (Å²) in [6.07, 6.45) is 1.69. The number of hydrogen-bond acceptors (Lipinski definition) is 5. The summed E-state index contributed by atoms with van der Waals surface area (Å²) < 4.78 is 1.89. The molecule has 0 fully saturated rings. The molecule has 4 rings (SSSR count). The van der Waals surface area contributed by atoms with Gasteiger partial charge in [-0.2, -0.15) is 5.10 Å². The van der Waals surface area contributed by atoms with Gasteiger partial charge < -0.3 is 9.80 Å². The summed E-state index contributed by atoms with van der Waals surface area (Å²) in [4.78, 5) is 25.4. The van der Waals surface area contributed by atoms with Crippen LogP contribution in [0.4, 0.5) is 0 Å². The molecule has 1 N–H and O–H groups in total. The molecule has 0 radical (unpaired) electrons. The maximum absolute atomic E-state index is 12.8. The number of hydrogen-bond donors (Lipinski definition) is 1. The number of H-pyrrole nitrogens is 1. The molecule has 0 atom stereocenters. The third-order valence-electron chi connectivity index (χ3n) is 4.27. The minimum Gasteiger partial charge on any atom is -0.336 e. The van der Waals surface area contributed by atoms with Crippen LogP contribution in [0.25, 0.3) is 17.2 Å². The van der Waals surface area contributed by atoms with Gasteiger partial charge in [-0.1, -0.05) is 17.7 Å². The van der Waals surface area contributed by atoms with Gasteiger partial charge in [0, 0.05) is 7.05 Å². The average Bonchev–Trinajstić information content (AvgIpc) is 3.17. The van der Waals surface area contributed by atoms with Crippen molar-refractivity contribution in [2.75, 3.05) is 21.1 Å². The van der Waals surface area contributed by atoms with Crippen LogP contribution in [0.15, 0.2) is 24.5 Å². The number of halogens is 1. The Morgan fingerprint density at radius 2 is 2.15 bits per heavy atom. The first-order valence-electron chi connectivity index (χ1n) is 8.12. The molecular weight excluding hydrogens is 354 g/mol. The minimum absolute atomic E-state index is 0.122. The van der Waals surface area contributed by atoms with Gasteiger partial charge in [0.1, 0.15) is 17.8 Å². The van der Waals surface area contributed by atoms with Crippen LogP contribution in [0.2, 0.25) is 5.02 Å². The van der Waals surface area contributed by atoms with Crippen LogP contribution in [0.5, 0.6) is 0 Å². The molecule has 0 saturated carbocycles. The smallest absolute Gasteiger partial charge is 0.257 e. The standard InChI is InChI=1S/C17H18ClN7O/c1-23(2)8-13-20-16(22-21-13)15-12-7-24(3)17(26)14-10(18)5-4-6-11(14)25(12)9-19-15/h4-6,9H,7-8H2,1-3H3,(H,20,21,22). The highest BCUT2D eigenvalue weighted by Gasteiger charge is 2.29. The van der Waals surface area contributed by atoms with Crippen LogP contribution in [0, 0.1) is 0 Å². The topological polar surface area (TPSA) is 82.9 Å². The Morgan fingerprint density at radius 3 is 2.92 bits per heavy atom. The average molecular weight is 372 g/mol. The summed E-state index contributed by atoms with van der Waals surface area (Å²) in [5, 5.41) is 7.67. The van der Waals surface area contributed by atoms with Gasteiger partial charge in [0.05, 0.1) is 35.1 Å². The minimum atomic E-state index is -0.122. The zero-order valence-electron chi connectivity index (χ0n) is 14.7. The third kappa shape index (κ3) is 2.67. The quantitative estimate of drug-likeness (QED) is 0.761. The van der Waals surface area contributed by atoms with Gasteiger partial charge in [0.15, 0.2) is 0 Å². The van der Waals surface area contributed by atoms with E-state index in [1.807, 2.05) is 35.7 Å². The van der Waals surface area contributed by atoms with E-state index >= 15 is 0 Å². The second-order valence-electron chi connectivity index (χ2n) is 6.55. The van der Waals surface area contributed by atoms with E-state index in [2.05, 4.69) is 20.2 Å². The van der Waals surface area contributed by atoms with Crippen molar-refractivity contribution in [3.63, 3.8) is 0 Å². The highest BCUT2D eigenvalue weighted by atomic mass is 35.5. The first-order valence-corrected chi connectivity index (χ1v) is 8.50. The van der Waals surface area contributed by atoms with E-state index in [0.717, 1.165) is 11.5 Å². The zero-order valence-corrected chi connectivity index (χ0v) is 15.4. The van der Waals surface area contributed by atoms with Crippen LogP contribution < -0.4 is 0 Å². The van der Waals surface area contributed by atoms with Crippen molar-refractivity contribution >= 4 is 17.5 Å². The molecule has 0 unspecified atom stereocenters. The van der Waals surface area contributed by atoms with Crippen LogP contribution in [-0.4, -0.2) is 61.6 Å². The summed E-state index contributed by atoms with van der Waals surface area (Å²) in [7, 11) is 5.68. The molecule has 1 aromatic carbocycles. The van der Waals surface area contributed by atoms with Crippen molar-refractivity contribution in [1.29, 1.82) is 0 Å². The molecule has 3 heterocycles. The molecule has 0 bridgehead atoms. The van der Waals surface area contributed by atoms with Crippen LogP contribution in [0.3, 0.4) is 0 Å². The first-order chi connectivity index (χ1) is 12.5. The van der Waals surface area contributed by atoms with E-state index in [-0.39, 0.29) is 5.91 Å². The molecule has 1 amide bonds. The predicted molar refractivity (Wildman–Crippen MR) is 97.1 cm³/mol. The fourth-order valence-electron chi connectivity index (χ4n) is 3.10. The van der Waals surface area contributed by atoms with Crippen molar-refractivity contribution in [3.05, 3.63) is 46.6 Å². The summed E-state index contributed by atoms with van der Waals surface area (Å²) >= 11 is 6.30. The molecule has 0 saturated heterocycles. The molecule has 26 heavy (non-hydrogen) atoms. The number of carbonyl (C=O) groups excluding carboxylic acids is 1. The van der Waals surface area contributed by atoms with Gasteiger partial charge in [0.25, 0.3) is 5.91 Å². The van der Waals surface area contributed by atoms with Crippen molar-refractivity contribution in [1.82, 2.24) is 34.5 Å². The number of nitrogens with one attached hydrogen (secondary N) is 1. The fourth-order valence-corrected chi connectivity index (χ4v) is 3.35. The van der Waals surface area contributed by atoms with Crippen molar-refractivity contribution in [2.45, 2.75) is 13.1 Å². The number of aromatic nitrogens is 5. The van der Waals surface area contributed by atoms with Gasteiger partial charge >= 0.3 is 0 Å². The highest BCUT2D eigenvalue weighted by Crippen LogP contribution is 2.32. The molecule has 3 aromatic rings. The number of carbonyl (C=O) groups is 1. The number of amides is 1. The summed E-state index contributed by atoms with van der Waals surface area (Å²) in [6.45, 7) is 1.04. The lowest BCUT2D eigenvalue weighted by Crippen LogP contribution is -2.25. The third-order valence-corrected chi connectivity index (χ3v) is 4.59. The molecule has 8 nitrogen and oxygen atoms in total. The van der Waals surface area contributed by atoms with E-state index in [4.69, 9.17) is 11.6 Å². The summed E-state index contributed by atoms with van der Waals surface area (Å²) in [6, 6.07) is 5.41. The number of fused-ring (bicyclic) bond motifs is 3. The van der Waals surface area contributed by atoms with Crippen molar-refractivity contribution in [2.24, 2.45) is 0 Å². The Labute approximate surface area is 155 Å². The van der Waals surface area contributed by atoms with Crippen molar-refractivity contribution in [3.8, 4) is 17.2 Å². The monoisotopic (exact) mass is 371 g/mol. The Bertz CT molecular complexity index is 991. The first kappa shape index (κ1) is 16.7. The van der Waals surface area contributed by atoms with Crippen LogP contribution in [-0.2, 0) is 13.1 Å². The van der Waals surface area contributed by atoms with E-state index < -0.39 is 0 Å². The number of rotatable bonds is 3. The second-order valence-corrected chi connectivity index (χ2v) is 6.96. The molecule has 0 aliphatic carbocycles. The zero-order chi connectivity index (χ0) is 18.4. The van der Waals surface area contributed by atoms with Gasteiger partial charge in [-0.3, -0.25) is 14.5 Å². The molecular formula is C17H18ClN7O. The lowest BCUT2D eigenvalue weighted by Gasteiger charge is -2.14. The van der Waals surface area contributed by atoms with E-state index in [1.165, 1.54) is 0 Å². The van der Waals surface area contributed by atoms with Crippen LogP contribution >= 0.6 is 11.6 Å². The number of aromatic amines is 1. The van der Waals surface area contributed by atoms with Gasteiger partial charge in [-0.05, 0) is 26.2 Å². The second kappa shape index (κ2) is 6.22. The van der Waals surface area contributed by atoms with E-state index in [9.17, 15) is 4.79 Å². The predicted octanol–water partition coefficient (Wildman–Crippen LogP) is 1.96. The molecule has 9 heteroatoms. The number of benzene rings is 1. The van der Waals surface area contributed by atoms with Crippen molar-refractivity contribution < 1.29 is 4.79 Å². The van der Waals surface area contributed by atoms with E-state index in [1.54, 1.807) is 24.3 Å². The molecule has 0 spiro atoms. The maximum atomic E-state index is 12.8. The Balaban J connectivity index is 1.85. The molecule has 1 aliphatic heterocycles. The Morgan fingerprint density at radius 1 is 1.35 bits per heavy atom. The Kier molecular flexibility index (Phi) is 4.01. The van der Waals surface area contributed by atoms with Crippen LogP contribution in [0.1, 0.15) is 21.9 Å². The normalized spacial score (nSPS) is 13.7. The lowest BCUT2D eigenvalue weighted by molar-refractivity contribution is 0.0788. The molecule has 1 aliphatic rings.